The molecule has 0 aromatic heterocycles. The van der Waals surface area contributed by atoms with Gasteiger partial charge in [0.2, 0.25) is 0 Å². The van der Waals surface area contributed by atoms with Crippen LogP contribution in [0.5, 0.6) is 0 Å². The summed E-state index contributed by atoms with van der Waals surface area (Å²) in [6.45, 7) is 0. The largest absolute Gasteiger partial charge is 0.480 e. The first kappa shape index (κ1) is 14.2. The zero-order valence-corrected chi connectivity index (χ0v) is 12.5. The Morgan fingerprint density at radius 3 is 2.53 bits per heavy atom. The summed E-state index contributed by atoms with van der Waals surface area (Å²) in [5, 5.41) is 8.86. The highest BCUT2D eigenvalue weighted by Gasteiger charge is 2.19. The van der Waals surface area contributed by atoms with E-state index in [4.69, 9.17) is 0 Å². The van der Waals surface area contributed by atoms with Crippen molar-refractivity contribution < 1.29 is 9.90 Å². The Balaban J connectivity index is 2.11. The highest BCUT2D eigenvalue weighted by Crippen LogP contribution is 2.26. The summed E-state index contributed by atoms with van der Waals surface area (Å²) in [6, 6.07) is 17.4. The molecule has 98 valence electrons. The summed E-state index contributed by atoms with van der Waals surface area (Å²) in [7, 11) is 0. The van der Waals surface area contributed by atoms with Crippen LogP contribution in [0.4, 0.5) is 0 Å². The van der Waals surface area contributed by atoms with Crippen LogP contribution in [0.3, 0.4) is 0 Å². The summed E-state index contributed by atoms with van der Waals surface area (Å²) in [6.07, 6.45) is 0.508. The molecule has 0 fully saturated rings. The molecule has 1 atom stereocenters. The van der Waals surface area contributed by atoms with E-state index >= 15 is 0 Å². The number of hydrogen-bond donors (Lipinski definition) is 1. The van der Waals surface area contributed by atoms with Crippen molar-refractivity contribution in [1.82, 2.24) is 0 Å². The number of carboxylic acid groups (broad SMARTS) is 1. The molecule has 0 aliphatic rings. The van der Waals surface area contributed by atoms with Crippen LogP contribution in [-0.4, -0.2) is 16.3 Å². The van der Waals surface area contributed by atoms with E-state index in [1.54, 1.807) is 0 Å². The number of rotatable bonds is 5. The van der Waals surface area contributed by atoms with Gasteiger partial charge in [-0.05, 0) is 36.2 Å². The molecule has 0 bridgehead atoms. The molecule has 0 heterocycles. The third kappa shape index (κ3) is 4.40. The molecule has 0 spiro atoms. The number of aliphatic carboxylic acids is 1. The van der Waals surface area contributed by atoms with Gasteiger partial charge >= 0.3 is 5.97 Å². The van der Waals surface area contributed by atoms with Crippen LogP contribution in [0.15, 0.2) is 64.0 Å². The van der Waals surface area contributed by atoms with E-state index in [0.717, 1.165) is 14.9 Å². The van der Waals surface area contributed by atoms with Crippen LogP contribution >= 0.6 is 27.7 Å². The maximum Gasteiger partial charge on any atom is 0.317 e. The molecule has 0 saturated heterocycles. The Labute approximate surface area is 125 Å². The van der Waals surface area contributed by atoms with Gasteiger partial charge in [-0.2, -0.15) is 0 Å². The summed E-state index contributed by atoms with van der Waals surface area (Å²) in [5.41, 5.74) is 1.02. The van der Waals surface area contributed by atoms with E-state index in [0.29, 0.717) is 6.42 Å². The van der Waals surface area contributed by atoms with Crippen molar-refractivity contribution in [2.24, 2.45) is 0 Å². The first-order valence-corrected chi connectivity index (χ1v) is 7.51. The Bertz CT molecular complexity index is 557. The molecule has 2 nitrogen and oxygen atoms in total. The molecule has 2 rings (SSSR count). The van der Waals surface area contributed by atoms with Crippen LogP contribution in [0.25, 0.3) is 0 Å². The number of carboxylic acids is 1. The molecule has 4 heteroatoms. The lowest BCUT2D eigenvalue weighted by molar-refractivity contribution is -0.136. The third-order valence-electron chi connectivity index (χ3n) is 2.61. The van der Waals surface area contributed by atoms with Crippen LogP contribution in [-0.2, 0) is 11.2 Å². The normalized spacial score (nSPS) is 12.1. The maximum atomic E-state index is 11.4. The predicted octanol–water partition coefficient (Wildman–Crippen LogP) is 4.24. The smallest absolute Gasteiger partial charge is 0.317 e. The second-order valence-electron chi connectivity index (χ2n) is 4.09. The highest BCUT2D eigenvalue weighted by atomic mass is 79.9. The van der Waals surface area contributed by atoms with Crippen molar-refractivity contribution >= 4 is 33.7 Å². The number of benzene rings is 2. The van der Waals surface area contributed by atoms with Gasteiger partial charge in [-0.1, -0.05) is 46.3 Å². The number of hydrogen-bond acceptors (Lipinski definition) is 2. The van der Waals surface area contributed by atoms with Crippen molar-refractivity contribution in [2.45, 2.75) is 16.6 Å². The minimum atomic E-state index is -0.783. The first-order valence-electron chi connectivity index (χ1n) is 5.84. The molecule has 0 aliphatic carbocycles. The number of carbonyl (C=O) groups is 1. The molecular formula is C15H13BrO2S. The van der Waals surface area contributed by atoms with Gasteiger partial charge in [-0.15, -0.1) is 11.8 Å². The molecule has 0 radical (unpaired) electrons. The topological polar surface area (TPSA) is 37.3 Å². The van der Waals surface area contributed by atoms with Crippen LogP contribution in [0.2, 0.25) is 0 Å². The molecule has 0 aliphatic heterocycles. The summed E-state index contributed by atoms with van der Waals surface area (Å²) < 4.78 is 0.971. The van der Waals surface area contributed by atoms with Crippen LogP contribution in [0.1, 0.15) is 5.56 Å². The zero-order chi connectivity index (χ0) is 13.7. The molecule has 0 amide bonds. The third-order valence-corrected chi connectivity index (χ3v) is 4.30. The van der Waals surface area contributed by atoms with E-state index in [9.17, 15) is 9.90 Å². The van der Waals surface area contributed by atoms with Gasteiger partial charge in [0.1, 0.15) is 5.25 Å². The van der Waals surface area contributed by atoms with E-state index in [-0.39, 0.29) is 0 Å². The molecular weight excluding hydrogens is 324 g/mol. The quantitative estimate of drug-likeness (QED) is 0.830. The van der Waals surface area contributed by atoms with Crippen molar-refractivity contribution in [3.05, 3.63) is 64.6 Å². The maximum absolute atomic E-state index is 11.4. The molecule has 0 saturated carbocycles. The number of thioether (sulfide) groups is 1. The van der Waals surface area contributed by atoms with E-state index < -0.39 is 11.2 Å². The fourth-order valence-electron chi connectivity index (χ4n) is 1.72. The second-order valence-corrected chi connectivity index (χ2v) is 6.28. The summed E-state index contributed by atoms with van der Waals surface area (Å²) in [5.74, 6) is -0.783. The average Bonchev–Trinajstić information content (AvgIpc) is 2.39. The van der Waals surface area contributed by atoms with Gasteiger partial charge in [0, 0.05) is 9.37 Å². The van der Waals surface area contributed by atoms with Crippen LogP contribution < -0.4 is 0 Å². The molecule has 1 N–H and O–H groups in total. The number of halogens is 1. The SMILES string of the molecule is O=C(O)[C@@H](Cc1cccc(Br)c1)Sc1ccccc1. The Morgan fingerprint density at radius 1 is 1.16 bits per heavy atom. The van der Waals surface area contributed by atoms with Gasteiger partial charge in [-0.3, -0.25) is 4.79 Å². The Kier molecular flexibility index (Phi) is 5.05. The van der Waals surface area contributed by atoms with Crippen molar-refractivity contribution in [3.63, 3.8) is 0 Å². The Hall–Kier alpha value is -1.26. The average molecular weight is 337 g/mol. The fraction of sp³-hybridized carbons (Fsp3) is 0.133. The van der Waals surface area contributed by atoms with Gasteiger partial charge in [0.15, 0.2) is 0 Å². The van der Waals surface area contributed by atoms with Crippen molar-refractivity contribution in [3.8, 4) is 0 Å². The van der Waals surface area contributed by atoms with E-state index in [1.165, 1.54) is 11.8 Å². The predicted molar refractivity (Wildman–Crippen MR) is 81.6 cm³/mol. The van der Waals surface area contributed by atoms with Gasteiger partial charge < -0.3 is 5.11 Å². The van der Waals surface area contributed by atoms with Gasteiger partial charge in [0.05, 0.1) is 0 Å². The molecule has 2 aromatic carbocycles. The molecule has 0 unspecified atom stereocenters. The molecule has 19 heavy (non-hydrogen) atoms. The Morgan fingerprint density at radius 2 is 1.89 bits per heavy atom. The zero-order valence-electron chi connectivity index (χ0n) is 10.1. The lowest BCUT2D eigenvalue weighted by Crippen LogP contribution is -2.19. The lowest BCUT2D eigenvalue weighted by Gasteiger charge is -2.12. The summed E-state index contributed by atoms with van der Waals surface area (Å²) >= 11 is 4.78. The second kappa shape index (κ2) is 6.78. The molecule has 2 aromatic rings. The van der Waals surface area contributed by atoms with Crippen molar-refractivity contribution in [2.75, 3.05) is 0 Å². The van der Waals surface area contributed by atoms with Gasteiger partial charge in [-0.25, -0.2) is 0 Å². The monoisotopic (exact) mass is 336 g/mol. The fourth-order valence-corrected chi connectivity index (χ4v) is 3.19. The van der Waals surface area contributed by atoms with E-state index in [1.807, 2.05) is 54.6 Å². The first-order chi connectivity index (χ1) is 9.15. The highest BCUT2D eigenvalue weighted by molar-refractivity contribution is 9.10. The minimum absolute atomic E-state index is 0.475. The minimum Gasteiger partial charge on any atom is -0.480 e. The standard InChI is InChI=1S/C15H13BrO2S/c16-12-6-4-5-11(9-12)10-14(15(17)18)19-13-7-2-1-3-8-13/h1-9,14H,10H2,(H,17,18)/t14-/m1/s1. The summed E-state index contributed by atoms with van der Waals surface area (Å²) in [4.78, 5) is 12.3. The van der Waals surface area contributed by atoms with Gasteiger partial charge in [0.25, 0.3) is 0 Å². The van der Waals surface area contributed by atoms with E-state index in [2.05, 4.69) is 15.9 Å². The van der Waals surface area contributed by atoms with Crippen molar-refractivity contribution in [1.29, 1.82) is 0 Å². The van der Waals surface area contributed by atoms with Crippen LogP contribution in [0, 0.1) is 0 Å². The lowest BCUT2D eigenvalue weighted by atomic mass is 10.1.